The summed E-state index contributed by atoms with van der Waals surface area (Å²) < 4.78 is 2.12. The van der Waals surface area contributed by atoms with Crippen LogP contribution in [0.15, 0.2) is 35.6 Å². The minimum Gasteiger partial charge on any atom is -0.354 e. The highest BCUT2D eigenvalue weighted by atomic mass is 15.4. The summed E-state index contributed by atoms with van der Waals surface area (Å²) in [6.45, 7) is 14.2. The third kappa shape index (κ3) is 6.29. The highest BCUT2D eigenvalue weighted by Crippen LogP contribution is 2.10. The molecule has 7 nitrogen and oxygen atoms in total. The molecule has 0 unspecified atom stereocenters. The summed E-state index contributed by atoms with van der Waals surface area (Å²) in [6.07, 6.45) is 3.77. The second-order valence-electron chi connectivity index (χ2n) is 7.68. The lowest BCUT2D eigenvalue weighted by Crippen LogP contribution is -2.52. The average molecular weight is 398 g/mol. The fourth-order valence-corrected chi connectivity index (χ4v) is 3.70. The Bertz CT molecular complexity index is 775. The van der Waals surface area contributed by atoms with Gasteiger partial charge in [0.2, 0.25) is 0 Å². The molecule has 7 heteroatoms. The Morgan fingerprint density at radius 3 is 2.72 bits per heavy atom. The SMILES string of the molecule is CCCN=C(NCCn1cnnc1CC)N1CCN(Cc2cccc(C)c2)CC1. The van der Waals surface area contributed by atoms with Crippen LogP contribution in [0, 0.1) is 6.92 Å². The third-order valence-electron chi connectivity index (χ3n) is 5.29. The van der Waals surface area contributed by atoms with Gasteiger partial charge in [0.1, 0.15) is 12.2 Å². The molecule has 158 valence electrons. The van der Waals surface area contributed by atoms with Crippen molar-refractivity contribution in [3.8, 4) is 0 Å². The number of hydrogen-bond donors (Lipinski definition) is 1. The van der Waals surface area contributed by atoms with Gasteiger partial charge in [0.15, 0.2) is 5.96 Å². The Kier molecular flexibility index (Phi) is 8.04. The fourth-order valence-electron chi connectivity index (χ4n) is 3.70. The van der Waals surface area contributed by atoms with E-state index >= 15 is 0 Å². The summed E-state index contributed by atoms with van der Waals surface area (Å²) in [4.78, 5) is 9.75. The van der Waals surface area contributed by atoms with Crippen molar-refractivity contribution in [2.75, 3.05) is 39.3 Å². The molecule has 1 aliphatic rings. The maximum absolute atomic E-state index is 4.82. The number of guanidine groups is 1. The summed E-state index contributed by atoms with van der Waals surface area (Å²) in [7, 11) is 0. The van der Waals surface area contributed by atoms with Crippen LogP contribution in [0.3, 0.4) is 0 Å². The van der Waals surface area contributed by atoms with E-state index in [0.29, 0.717) is 0 Å². The number of aryl methyl sites for hydroxylation is 2. The molecule has 1 aliphatic heterocycles. The smallest absolute Gasteiger partial charge is 0.194 e. The van der Waals surface area contributed by atoms with Gasteiger partial charge in [0, 0.05) is 58.8 Å². The molecule has 0 aliphatic carbocycles. The van der Waals surface area contributed by atoms with E-state index in [1.54, 1.807) is 0 Å². The van der Waals surface area contributed by atoms with Crippen LogP contribution in [0.1, 0.15) is 37.2 Å². The van der Waals surface area contributed by atoms with Gasteiger partial charge in [0.05, 0.1) is 0 Å². The molecule has 0 atom stereocenters. The van der Waals surface area contributed by atoms with Crippen LogP contribution in [-0.2, 0) is 19.5 Å². The second-order valence-corrected chi connectivity index (χ2v) is 7.68. The first-order valence-corrected chi connectivity index (χ1v) is 10.9. The Morgan fingerprint density at radius 2 is 2.00 bits per heavy atom. The number of nitrogens with zero attached hydrogens (tertiary/aromatic N) is 6. The molecule has 1 aromatic heterocycles. The average Bonchev–Trinajstić information content (AvgIpc) is 3.19. The largest absolute Gasteiger partial charge is 0.354 e. The standard InChI is InChI=1S/C22H35N7/c1-4-9-23-22(24-10-11-29-18-25-26-21(29)5-2)28-14-12-27(13-15-28)17-20-8-6-7-19(3)16-20/h6-8,16,18H,4-5,9-15,17H2,1-3H3,(H,23,24). The van der Waals surface area contributed by atoms with Crippen molar-refractivity contribution in [2.45, 2.75) is 46.7 Å². The molecule has 1 aromatic carbocycles. The van der Waals surface area contributed by atoms with E-state index in [9.17, 15) is 0 Å². The van der Waals surface area contributed by atoms with Crippen LogP contribution < -0.4 is 5.32 Å². The zero-order chi connectivity index (χ0) is 20.5. The first kappa shape index (κ1) is 21.3. The summed E-state index contributed by atoms with van der Waals surface area (Å²) in [5, 5.41) is 11.7. The van der Waals surface area contributed by atoms with E-state index < -0.39 is 0 Å². The molecule has 1 fully saturated rings. The molecule has 2 heterocycles. The molecule has 29 heavy (non-hydrogen) atoms. The Hall–Kier alpha value is -2.41. The summed E-state index contributed by atoms with van der Waals surface area (Å²) in [5.41, 5.74) is 2.73. The molecule has 1 saturated heterocycles. The first-order chi connectivity index (χ1) is 14.2. The Morgan fingerprint density at radius 1 is 1.17 bits per heavy atom. The van der Waals surface area contributed by atoms with Crippen molar-refractivity contribution in [1.82, 2.24) is 29.9 Å². The fraction of sp³-hybridized carbons (Fsp3) is 0.591. The quantitative estimate of drug-likeness (QED) is 0.547. The lowest BCUT2D eigenvalue weighted by atomic mass is 10.1. The van der Waals surface area contributed by atoms with E-state index in [1.807, 2.05) is 6.33 Å². The summed E-state index contributed by atoms with van der Waals surface area (Å²) in [5.74, 6) is 2.07. The van der Waals surface area contributed by atoms with Crippen LogP contribution in [0.25, 0.3) is 0 Å². The van der Waals surface area contributed by atoms with Crippen molar-refractivity contribution in [3.05, 3.63) is 47.5 Å². The molecule has 0 bridgehead atoms. The number of aliphatic imine (C=N–C) groups is 1. The van der Waals surface area contributed by atoms with Gasteiger partial charge in [0.25, 0.3) is 0 Å². The topological polar surface area (TPSA) is 61.6 Å². The van der Waals surface area contributed by atoms with E-state index in [-0.39, 0.29) is 0 Å². The van der Waals surface area contributed by atoms with Gasteiger partial charge < -0.3 is 14.8 Å². The number of benzene rings is 1. The van der Waals surface area contributed by atoms with E-state index in [4.69, 9.17) is 4.99 Å². The Balaban J connectivity index is 1.50. The molecular formula is C22H35N7. The number of piperazine rings is 1. The predicted molar refractivity (Wildman–Crippen MR) is 118 cm³/mol. The molecule has 2 aromatic rings. The van der Waals surface area contributed by atoms with Crippen LogP contribution in [0.2, 0.25) is 0 Å². The molecule has 1 N–H and O–H groups in total. The highest BCUT2D eigenvalue weighted by molar-refractivity contribution is 5.80. The van der Waals surface area contributed by atoms with E-state index in [0.717, 1.165) is 77.0 Å². The highest BCUT2D eigenvalue weighted by Gasteiger charge is 2.19. The molecule has 0 saturated carbocycles. The zero-order valence-corrected chi connectivity index (χ0v) is 18.1. The monoisotopic (exact) mass is 397 g/mol. The van der Waals surface area contributed by atoms with E-state index in [1.165, 1.54) is 11.1 Å². The van der Waals surface area contributed by atoms with Gasteiger partial charge in [-0.05, 0) is 18.9 Å². The normalized spacial score (nSPS) is 15.7. The van der Waals surface area contributed by atoms with Crippen molar-refractivity contribution in [2.24, 2.45) is 4.99 Å². The first-order valence-electron chi connectivity index (χ1n) is 10.9. The second kappa shape index (κ2) is 11.0. The van der Waals surface area contributed by atoms with Gasteiger partial charge >= 0.3 is 0 Å². The van der Waals surface area contributed by atoms with Crippen molar-refractivity contribution in [1.29, 1.82) is 0 Å². The van der Waals surface area contributed by atoms with Crippen LogP contribution >= 0.6 is 0 Å². The lowest BCUT2D eigenvalue weighted by molar-refractivity contribution is 0.172. The van der Waals surface area contributed by atoms with Crippen LogP contribution in [0.4, 0.5) is 0 Å². The van der Waals surface area contributed by atoms with Crippen molar-refractivity contribution >= 4 is 5.96 Å². The van der Waals surface area contributed by atoms with Crippen LogP contribution in [0.5, 0.6) is 0 Å². The number of nitrogens with one attached hydrogen (secondary N) is 1. The van der Waals surface area contributed by atoms with Gasteiger partial charge in [-0.2, -0.15) is 0 Å². The lowest BCUT2D eigenvalue weighted by Gasteiger charge is -2.36. The Labute approximate surface area is 174 Å². The summed E-state index contributed by atoms with van der Waals surface area (Å²) >= 11 is 0. The summed E-state index contributed by atoms with van der Waals surface area (Å²) in [6, 6.07) is 8.83. The zero-order valence-electron chi connectivity index (χ0n) is 18.1. The van der Waals surface area contributed by atoms with E-state index in [2.05, 4.69) is 74.9 Å². The van der Waals surface area contributed by atoms with Gasteiger partial charge in [-0.1, -0.05) is 43.7 Å². The maximum atomic E-state index is 4.82. The molecular weight excluding hydrogens is 362 g/mol. The van der Waals surface area contributed by atoms with Gasteiger partial charge in [-0.15, -0.1) is 10.2 Å². The number of hydrogen-bond acceptors (Lipinski definition) is 4. The molecule has 0 radical (unpaired) electrons. The van der Waals surface area contributed by atoms with Crippen molar-refractivity contribution < 1.29 is 0 Å². The van der Waals surface area contributed by atoms with Gasteiger partial charge in [-0.25, -0.2) is 0 Å². The van der Waals surface area contributed by atoms with Gasteiger partial charge in [-0.3, -0.25) is 9.89 Å². The molecule has 3 rings (SSSR count). The number of aromatic nitrogens is 3. The number of rotatable bonds is 8. The maximum Gasteiger partial charge on any atom is 0.194 e. The molecule has 0 spiro atoms. The minimum atomic E-state index is 0.830. The molecule has 0 amide bonds. The predicted octanol–water partition coefficient (Wildman–Crippen LogP) is 2.32. The van der Waals surface area contributed by atoms with Crippen molar-refractivity contribution in [3.63, 3.8) is 0 Å². The van der Waals surface area contributed by atoms with Crippen LogP contribution in [-0.4, -0.2) is 69.8 Å². The minimum absolute atomic E-state index is 0.830. The third-order valence-corrected chi connectivity index (χ3v) is 5.29.